The number of fused-ring (bicyclic) bond motifs is 1. The predicted molar refractivity (Wildman–Crippen MR) is 163 cm³/mol. The number of alkyl halides is 3. The highest BCUT2D eigenvalue weighted by Gasteiger charge is 2.34. The number of hydrogen-bond acceptors (Lipinski definition) is 6. The van der Waals surface area contributed by atoms with Crippen LogP contribution in [0.5, 0.6) is 0 Å². The first-order valence-electron chi connectivity index (χ1n) is 14.3. The molecule has 3 rings (SSSR count). The lowest BCUT2D eigenvalue weighted by Gasteiger charge is -2.31. The van der Waals surface area contributed by atoms with Gasteiger partial charge in [0.25, 0.3) is 0 Å². The van der Waals surface area contributed by atoms with Gasteiger partial charge in [-0.25, -0.2) is 8.42 Å². The molecular weight excluding hydrogens is 597 g/mol. The van der Waals surface area contributed by atoms with Crippen molar-refractivity contribution in [1.29, 1.82) is 0 Å². The molecule has 0 radical (unpaired) electrons. The molecule has 0 fully saturated rings. The molecule has 0 aliphatic carbocycles. The van der Waals surface area contributed by atoms with Gasteiger partial charge in [-0.1, -0.05) is 56.3 Å². The molecule has 0 aliphatic rings. The second kappa shape index (κ2) is 15.4. The monoisotopic (exact) mass is 636 g/mol. The lowest BCUT2D eigenvalue weighted by molar-refractivity contribution is -0.155. The summed E-state index contributed by atoms with van der Waals surface area (Å²) in [5, 5.41) is 16.7. The Morgan fingerprint density at radius 3 is 2.30 bits per heavy atom. The number of anilines is 1. The number of amides is 2. The van der Waals surface area contributed by atoms with Crippen molar-refractivity contribution in [1.82, 2.24) is 14.9 Å². The Morgan fingerprint density at radius 1 is 1.00 bits per heavy atom. The van der Waals surface area contributed by atoms with E-state index in [0.717, 1.165) is 10.8 Å². The number of benzene rings is 3. The molecule has 3 aromatic rings. The summed E-state index contributed by atoms with van der Waals surface area (Å²) < 4.78 is 66.8. The van der Waals surface area contributed by atoms with Gasteiger partial charge in [0.05, 0.1) is 11.5 Å². The Balaban J connectivity index is 1.71. The Bertz CT molecular complexity index is 1510. The van der Waals surface area contributed by atoms with Crippen molar-refractivity contribution in [3.63, 3.8) is 0 Å². The van der Waals surface area contributed by atoms with Crippen LogP contribution in [0.4, 0.5) is 18.9 Å². The van der Waals surface area contributed by atoms with E-state index in [1.54, 1.807) is 18.2 Å². The van der Waals surface area contributed by atoms with Crippen molar-refractivity contribution >= 4 is 38.3 Å². The number of sulfonamides is 1. The van der Waals surface area contributed by atoms with Gasteiger partial charge in [-0.05, 0) is 59.4 Å². The third-order valence-electron chi connectivity index (χ3n) is 6.98. The molecule has 3 aromatic carbocycles. The summed E-state index contributed by atoms with van der Waals surface area (Å²) in [5.74, 6) is -2.06. The lowest BCUT2D eigenvalue weighted by atomic mass is 9.98. The van der Waals surface area contributed by atoms with Crippen molar-refractivity contribution in [2.45, 2.75) is 62.7 Å². The first-order chi connectivity index (χ1) is 20.7. The highest BCUT2D eigenvalue weighted by molar-refractivity contribution is 7.89. The molecule has 13 heteroatoms. The van der Waals surface area contributed by atoms with Crippen LogP contribution in [0.2, 0.25) is 0 Å². The molecule has 0 bridgehead atoms. The largest absolute Gasteiger partial charge is 0.399 e. The molecule has 5 N–H and O–H groups in total. The number of halogens is 3. The summed E-state index contributed by atoms with van der Waals surface area (Å²) in [4.78, 5) is 25.4. The van der Waals surface area contributed by atoms with E-state index in [2.05, 4.69) is 10.6 Å². The number of carbonyl (C=O) groups is 2. The van der Waals surface area contributed by atoms with Crippen LogP contribution in [-0.4, -0.2) is 67.6 Å². The predicted octanol–water partition coefficient (Wildman–Crippen LogP) is 4.01. The number of carbonyl (C=O) groups excluding carboxylic acids is 2. The average Bonchev–Trinajstić information content (AvgIpc) is 2.95. The maximum atomic E-state index is 13.5. The molecule has 2 atom stereocenters. The van der Waals surface area contributed by atoms with E-state index in [0.29, 0.717) is 11.3 Å². The van der Waals surface area contributed by atoms with Gasteiger partial charge in [-0.2, -0.15) is 17.5 Å². The van der Waals surface area contributed by atoms with Crippen LogP contribution in [-0.2, 0) is 26.0 Å². The number of nitrogens with zero attached hydrogens (tertiary/aromatic N) is 1. The molecule has 0 aromatic heterocycles. The number of nitrogens with one attached hydrogen (secondary N) is 2. The third-order valence-corrected chi connectivity index (χ3v) is 8.91. The molecular formula is C31H39F3N4O5S. The second-order valence-electron chi connectivity index (χ2n) is 11.1. The molecule has 0 saturated heterocycles. The summed E-state index contributed by atoms with van der Waals surface area (Å²) >= 11 is 0. The smallest absolute Gasteiger partial charge is 0.397 e. The van der Waals surface area contributed by atoms with Crippen LogP contribution in [0.15, 0.2) is 71.6 Å². The van der Waals surface area contributed by atoms with Crippen molar-refractivity contribution in [2.24, 2.45) is 5.92 Å². The number of hydrogen-bond donors (Lipinski definition) is 4. The summed E-state index contributed by atoms with van der Waals surface area (Å²) in [6.45, 7) is 3.41. The topological polar surface area (TPSA) is 142 Å². The van der Waals surface area contributed by atoms with E-state index in [-0.39, 0.29) is 43.2 Å². The zero-order valence-corrected chi connectivity index (χ0v) is 25.5. The fourth-order valence-electron chi connectivity index (χ4n) is 4.90. The summed E-state index contributed by atoms with van der Waals surface area (Å²) in [6.07, 6.45) is -6.07. The standard InChI is InChI=1S/C31H39F3N4O5S/c1-21(2)19-38(44(42,43)26-14-12-24(35)13-15-26)25(20-39)10-6-16-36-30(41)28(37-29(40)18-31(32,33)34)17-23-9-5-8-22-7-3-4-11-27(22)23/h3-5,7-9,11-15,21,25,28,39H,6,10,16-20,35H2,1-2H3,(H,36,41)(H,37,40)/t25-,28-/m0/s1. The van der Waals surface area contributed by atoms with Gasteiger partial charge in [0.1, 0.15) is 12.5 Å². The molecule has 2 amide bonds. The SMILES string of the molecule is CC(C)CN([C@H](CO)CCCNC(=O)[C@H](Cc1cccc2ccccc12)NC(=O)CC(F)(F)F)S(=O)(=O)c1ccc(N)cc1. The van der Waals surface area contributed by atoms with Gasteiger partial charge in [-0.15, -0.1) is 0 Å². The van der Waals surface area contributed by atoms with Crippen LogP contribution in [0.3, 0.4) is 0 Å². The molecule has 0 saturated carbocycles. The van der Waals surface area contributed by atoms with E-state index in [9.17, 15) is 36.3 Å². The zero-order chi connectivity index (χ0) is 32.5. The highest BCUT2D eigenvalue weighted by atomic mass is 32.2. The third kappa shape index (κ3) is 9.93. The molecule has 44 heavy (non-hydrogen) atoms. The second-order valence-corrected chi connectivity index (χ2v) is 13.0. The number of rotatable bonds is 15. The van der Waals surface area contributed by atoms with Gasteiger partial charge < -0.3 is 21.5 Å². The zero-order valence-electron chi connectivity index (χ0n) is 24.7. The lowest BCUT2D eigenvalue weighted by Crippen LogP contribution is -2.49. The van der Waals surface area contributed by atoms with Gasteiger partial charge in [0.15, 0.2) is 0 Å². The van der Waals surface area contributed by atoms with Crippen molar-refractivity contribution < 1.29 is 36.3 Å². The summed E-state index contributed by atoms with van der Waals surface area (Å²) in [5.41, 5.74) is 6.78. The quantitative estimate of drug-likeness (QED) is 0.147. The van der Waals surface area contributed by atoms with Crippen LogP contribution in [0, 0.1) is 5.92 Å². The van der Waals surface area contributed by atoms with Gasteiger partial charge in [-0.3, -0.25) is 9.59 Å². The normalized spacial score (nSPS) is 13.6. The molecule has 0 spiro atoms. The van der Waals surface area contributed by atoms with E-state index >= 15 is 0 Å². The fourth-order valence-corrected chi connectivity index (χ4v) is 6.71. The molecule has 0 unspecified atom stereocenters. The van der Waals surface area contributed by atoms with Gasteiger partial charge >= 0.3 is 6.18 Å². The Kier molecular flexibility index (Phi) is 12.1. The van der Waals surface area contributed by atoms with Crippen molar-refractivity contribution in [3.8, 4) is 0 Å². The number of nitrogen functional groups attached to an aromatic ring is 1. The van der Waals surface area contributed by atoms with E-state index in [4.69, 9.17) is 5.73 Å². The number of aliphatic hydroxyl groups is 1. The number of aliphatic hydroxyl groups excluding tert-OH is 1. The van der Waals surface area contributed by atoms with Crippen LogP contribution >= 0.6 is 0 Å². The van der Waals surface area contributed by atoms with Gasteiger partial charge in [0, 0.05) is 31.2 Å². The first-order valence-corrected chi connectivity index (χ1v) is 15.7. The molecule has 0 heterocycles. The van der Waals surface area contributed by atoms with Gasteiger partial charge in [0.2, 0.25) is 21.8 Å². The minimum absolute atomic E-state index is 0.0324. The summed E-state index contributed by atoms with van der Waals surface area (Å²) in [6, 6.07) is 16.4. The van der Waals surface area contributed by atoms with Crippen LogP contribution in [0.25, 0.3) is 10.8 Å². The Hall–Kier alpha value is -3.68. The Labute approximate surface area is 255 Å². The van der Waals surface area contributed by atoms with Crippen molar-refractivity contribution in [3.05, 3.63) is 72.3 Å². The van der Waals surface area contributed by atoms with E-state index < -0.39 is 53.1 Å². The summed E-state index contributed by atoms with van der Waals surface area (Å²) in [7, 11) is -3.98. The fraction of sp³-hybridized carbons (Fsp3) is 0.419. The van der Waals surface area contributed by atoms with Crippen LogP contribution < -0.4 is 16.4 Å². The minimum Gasteiger partial charge on any atom is -0.399 e. The first kappa shape index (κ1) is 34.8. The van der Waals surface area contributed by atoms with E-state index in [1.807, 2.05) is 38.1 Å². The highest BCUT2D eigenvalue weighted by Crippen LogP contribution is 2.24. The number of nitrogens with two attached hydrogens (primary N) is 1. The minimum atomic E-state index is -4.74. The molecule has 240 valence electrons. The average molecular weight is 637 g/mol. The van der Waals surface area contributed by atoms with Crippen molar-refractivity contribution in [2.75, 3.05) is 25.4 Å². The Morgan fingerprint density at radius 2 is 1.66 bits per heavy atom. The maximum Gasteiger partial charge on any atom is 0.397 e. The molecule has 9 nitrogen and oxygen atoms in total. The molecule has 0 aliphatic heterocycles. The van der Waals surface area contributed by atoms with Crippen LogP contribution in [0.1, 0.15) is 38.7 Å². The maximum absolute atomic E-state index is 13.5. The van der Waals surface area contributed by atoms with E-state index in [1.165, 1.54) is 28.6 Å².